The largest absolute Gasteiger partial charge is 0.377 e. The predicted molar refractivity (Wildman–Crippen MR) is 88.4 cm³/mol. The van der Waals surface area contributed by atoms with E-state index in [0.29, 0.717) is 12.1 Å². The molecule has 0 aliphatic carbocycles. The molecule has 3 rings (SSSR count). The Hall–Kier alpha value is -0.770. The Morgan fingerprint density at radius 3 is 2.76 bits per heavy atom. The van der Waals surface area contributed by atoms with E-state index in [4.69, 9.17) is 16.3 Å². The van der Waals surface area contributed by atoms with Gasteiger partial charge in [-0.2, -0.15) is 0 Å². The molecule has 1 aromatic rings. The maximum absolute atomic E-state index is 6.23. The molecule has 1 unspecified atom stereocenters. The lowest BCUT2D eigenvalue weighted by atomic mass is 10.0. The Bertz CT molecular complexity index is 466. The zero-order valence-corrected chi connectivity index (χ0v) is 13.5. The summed E-state index contributed by atoms with van der Waals surface area (Å²) in [4.78, 5) is 2.44. The number of hydrogen-bond acceptors (Lipinski definition) is 3. The highest BCUT2D eigenvalue weighted by Crippen LogP contribution is 2.25. The van der Waals surface area contributed by atoms with Crippen molar-refractivity contribution in [3.8, 4) is 0 Å². The van der Waals surface area contributed by atoms with Crippen molar-refractivity contribution in [2.24, 2.45) is 0 Å². The molecule has 2 saturated heterocycles. The third-order valence-corrected chi connectivity index (χ3v) is 5.08. The minimum Gasteiger partial charge on any atom is -0.377 e. The van der Waals surface area contributed by atoms with Crippen molar-refractivity contribution in [1.29, 1.82) is 0 Å². The molecule has 116 valence electrons. The standard InChI is InChI=1S/C17H25ClN2O/c1-13-4-5-15(11-17(13)18)20-8-6-14(7-9-20)19-12-16-3-2-10-21-16/h4-5,11,14,16,19H,2-3,6-10,12H2,1H3. The number of anilines is 1. The van der Waals surface area contributed by atoms with Gasteiger partial charge >= 0.3 is 0 Å². The van der Waals surface area contributed by atoms with Gasteiger partial charge in [-0.05, 0) is 50.3 Å². The first-order valence-corrected chi connectivity index (χ1v) is 8.46. The maximum Gasteiger partial charge on any atom is 0.0700 e. The third kappa shape index (κ3) is 3.91. The SMILES string of the molecule is Cc1ccc(N2CCC(NCC3CCCO3)CC2)cc1Cl. The molecule has 0 saturated carbocycles. The van der Waals surface area contributed by atoms with Gasteiger partial charge in [-0.1, -0.05) is 17.7 Å². The summed E-state index contributed by atoms with van der Waals surface area (Å²) in [6.45, 7) is 6.21. The van der Waals surface area contributed by atoms with Crippen molar-refractivity contribution in [2.45, 2.75) is 44.8 Å². The summed E-state index contributed by atoms with van der Waals surface area (Å²) in [6.07, 6.45) is 5.27. The summed E-state index contributed by atoms with van der Waals surface area (Å²) in [7, 11) is 0. The van der Waals surface area contributed by atoms with Gasteiger partial charge in [0.2, 0.25) is 0 Å². The normalized spacial score (nSPS) is 23.7. The van der Waals surface area contributed by atoms with E-state index in [0.717, 1.165) is 36.8 Å². The summed E-state index contributed by atoms with van der Waals surface area (Å²) < 4.78 is 5.67. The highest BCUT2D eigenvalue weighted by atomic mass is 35.5. The molecule has 4 heteroatoms. The van der Waals surface area contributed by atoms with Gasteiger partial charge in [-0.15, -0.1) is 0 Å². The number of ether oxygens (including phenoxy) is 1. The van der Waals surface area contributed by atoms with Crippen molar-refractivity contribution >= 4 is 17.3 Å². The van der Waals surface area contributed by atoms with E-state index in [1.807, 2.05) is 6.92 Å². The van der Waals surface area contributed by atoms with E-state index in [1.54, 1.807) is 0 Å². The third-order valence-electron chi connectivity index (χ3n) is 4.67. The lowest BCUT2D eigenvalue weighted by Gasteiger charge is -2.34. The van der Waals surface area contributed by atoms with Gasteiger partial charge in [-0.25, -0.2) is 0 Å². The lowest BCUT2D eigenvalue weighted by Crippen LogP contribution is -2.44. The number of nitrogens with one attached hydrogen (secondary N) is 1. The molecule has 1 aromatic carbocycles. The van der Waals surface area contributed by atoms with E-state index in [-0.39, 0.29) is 0 Å². The van der Waals surface area contributed by atoms with Crippen LogP contribution in [0.1, 0.15) is 31.2 Å². The van der Waals surface area contributed by atoms with E-state index in [9.17, 15) is 0 Å². The van der Waals surface area contributed by atoms with Gasteiger partial charge in [-0.3, -0.25) is 0 Å². The van der Waals surface area contributed by atoms with E-state index in [2.05, 4.69) is 28.4 Å². The van der Waals surface area contributed by atoms with E-state index in [1.165, 1.54) is 31.4 Å². The topological polar surface area (TPSA) is 24.5 Å². The van der Waals surface area contributed by atoms with Crippen LogP contribution in [0.4, 0.5) is 5.69 Å². The molecule has 0 bridgehead atoms. The summed E-state index contributed by atoms with van der Waals surface area (Å²) in [5, 5.41) is 4.55. The number of aryl methyl sites for hydroxylation is 1. The van der Waals surface area contributed by atoms with Crippen LogP contribution in [0.3, 0.4) is 0 Å². The number of nitrogens with zero attached hydrogens (tertiary/aromatic N) is 1. The highest BCUT2D eigenvalue weighted by Gasteiger charge is 2.22. The Labute approximate surface area is 132 Å². The van der Waals surface area contributed by atoms with Crippen LogP contribution in [-0.2, 0) is 4.74 Å². The average Bonchev–Trinajstić information content (AvgIpc) is 3.02. The average molecular weight is 309 g/mol. The Kier molecular flexibility index (Phi) is 5.04. The molecule has 0 aromatic heterocycles. The molecule has 2 aliphatic rings. The van der Waals surface area contributed by atoms with Gasteiger partial charge < -0.3 is 15.0 Å². The fraction of sp³-hybridized carbons (Fsp3) is 0.647. The predicted octanol–water partition coefficient (Wildman–Crippen LogP) is 3.39. The second-order valence-corrected chi connectivity index (χ2v) is 6.65. The molecule has 1 N–H and O–H groups in total. The highest BCUT2D eigenvalue weighted by molar-refractivity contribution is 6.31. The summed E-state index contributed by atoms with van der Waals surface area (Å²) in [6, 6.07) is 7.02. The fourth-order valence-electron chi connectivity index (χ4n) is 3.22. The first kappa shape index (κ1) is 15.1. The first-order chi connectivity index (χ1) is 10.2. The number of rotatable bonds is 4. The van der Waals surface area contributed by atoms with Crippen molar-refractivity contribution in [2.75, 3.05) is 31.1 Å². The van der Waals surface area contributed by atoms with Crippen LogP contribution in [0.15, 0.2) is 18.2 Å². The summed E-state index contributed by atoms with van der Waals surface area (Å²) in [5.74, 6) is 0. The van der Waals surface area contributed by atoms with Crippen LogP contribution in [0.25, 0.3) is 0 Å². The molecule has 2 aliphatic heterocycles. The van der Waals surface area contributed by atoms with E-state index >= 15 is 0 Å². The number of piperidine rings is 1. The van der Waals surface area contributed by atoms with Gasteiger partial charge in [0.05, 0.1) is 6.10 Å². The molecular formula is C17H25ClN2O. The zero-order chi connectivity index (χ0) is 14.7. The summed E-state index contributed by atoms with van der Waals surface area (Å²) in [5.41, 5.74) is 2.40. The lowest BCUT2D eigenvalue weighted by molar-refractivity contribution is 0.106. The second-order valence-electron chi connectivity index (χ2n) is 6.24. The molecule has 0 amide bonds. The molecule has 0 spiro atoms. The smallest absolute Gasteiger partial charge is 0.0700 e. The molecule has 1 atom stereocenters. The van der Waals surface area contributed by atoms with Crippen LogP contribution in [0.2, 0.25) is 5.02 Å². The van der Waals surface area contributed by atoms with E-state index < -0.39 is 0 Å². The minimum atomic E-state index is 0.443. The number of benzene rings is 1. The number of halogens is 1. The first-order valence-electron chi connectivity index (χ1n) is 8.08. The van der Waals surface area contributed by atoms with Crippen LogP contribution < -0.4 is 10.2 Å². The fourth-order valence-corrected chi connectivity index (χ4v) is 3.40. The summed E-state index contributed by atoms with van der Waals surface area (Å²) >= 11 is 6.23. The molecule has 0 radical (unpaired) electrons. The molecule has 21 heavy (non-hydrogen) atoms. The molecule has 3 nitrogen and oxygen atoms in total. The quantitative estimate of drug-likeness (QED) is 0.923. The van der Waals surface area contributed by atoms with Crippen molar-refractivity contribution in [3.63, 3.8) is 0 Å². The van der Waals surface area contributed by atoms with Crippen LogP contribution in [0.5, 0.6) is 0 Å². The Morgan fingerprint density at radius 1 is 1.29 bits per heavy atom. The molecular weight excluding hydrogens is 284 g/mol. The zero-order valence-electron chi connectivity index (χ0n) is 12.8. The van der Waals surface area contributed by atoms with Gasteiger partial charge in [0.25, 0.3) is 0 Å². The van der Waals surface area contributed by atoms with Gasteiger partial charge in [0.15, 0.2) is 0 Å². The monoisotopic (exact) mass is 308 g/mol. The molecule has 2 fully saturated rings. The van der Waals surface area contributed by atoms with Crippen LogP contribution in [0, 0.1) is 6.92 Å². The van der Waals surface area contributed by atoms with Crippen molar-refractivity contribution in [3.05, 3.63) is 28.8 Å². The Morgan fingerprint density at radius 2 is 2.10 bits per heavy atom. The number of hydrogen-bond donors (Lipinski definition) is 1. The van der Waals surface area contributed by atoms with Crippen molar-refractivity contribution < 1.29 is 4.74 Å². The Balaban J connectivity index is 1.46. The van der Waals surface area contributed by atoms with Crippen LogP contribution >= 0.6 is 11.6 Å². The molecule has 2 heterocycles. The van der Waals surface area contributed by atoms with Crippen molar-refractivity contribution in [1.82, 2.24) is 5.32 Å². The maximum atomic E-state index is 6.23. The van der Waals surface area contributed by atoms with Gasteiger partial charge in [0, 0.05) is 43.0 Å². The van der Waals surface area contributed by atoms with Crippen LogP contribution in [-0.4, -0.2) is 38.4 Å². The second kappa shape index (κ2) is 6.99. The van der Waals surface area contributed by atoms with Gasteiger partial charge in [0.1, 0.15) is 0 Å². The minimum absolute atomic E-state index is 0.443.